The highest BCUT2D eigenvalue weighted by Gasteiger charge is 2.25. The molecular weight excluding hydrogens is 246 g/mol. The summed E-state index contributed by atoms with van der Waals surface area (Å²) in [5, 5.41) is 3.50. The molecule has 0 saturated carbocycles. The molecule has 3 nitrogen and oxygen atoms in total. The fourth-order valence-electron chi connectivity index (χ4n) is 2.44. The van der Waals surface area contributed by atoms with Gasteiger partial charge in [0.05, 0.1) is 5.69 Å². The van der Waals surface area contributed by atoms with Crippen molar-refractivity contribution in [2.75, 3.05) is 18.0 Å². The maximum Gasteiger partial charge on any atom is 0.128 e. The first-order valence-electron chi connectivity index (χ1n) is 7.71. The third kappa shape index (κ3) is 4.48. The number of pyridine rings is 1. The van der Waals surface area contributed by atoms with Crippen LogP contribution in [0, 0.1) is 5.41 Å². The van der Waals surface area contributed by atoms with Gasteiger partial charge in [0.2, 0.25) is 0 Å². The second-order valence-electron chi connectivity index (χ2n) is 7.74. The van der Waals surface area contributed by atoms with Crippen LogP contribution in [-0.4, -0.2) is 23.6 Å². The molecule has 0 amide bonds. The van der Waals surface area contributed by atoms with Gasteiger partial charge in [0.25, 0.3) is 0 Å². The summed E-state index contributed by atoms with van der Waals surface area (Å²) in [6.45, 7) is 14.3. The van der Waals surface area contributed by atoms with E-state index in [1.54, 1.807) is 0 Å². The number of piperidine rings is 1. The van der Waals surface area contributed by atoms with Crippen molar-refractivity contribution in [2.45, 2.75) is 59.5 Å². The van der Waals surface area contributed by atoms with Crippen LogP contribution in [0.15, 0.2) is 18.2 Å². The van der Waals surface area contributed by atoms with Gasteiger partial charge in [0, 0.05) is 25.2 Å². The molecule has 2 heterocycles. The molecule has 1 aliphatic heterocycles. The normalized spacial score (nSPS) is 19.1. The maximum absolute atomic E-state index is 4.81. The van der Waals surface area contributed by atoms with Crippen molar-refractivity contribution < 1.29 is 0 Å². The van der Waals surface area contributed by atoms with Gasteiger partial charge >= 0.3 is 0 Å². The molecule has 0 unspecified atom stereocenters. The zero-order valence-corrected chi connectivity index (χ0v) is 13.7. The topological polar surface area (TPSA) is 28.2 Å². The summed E-state index contributed by atoms with van der Waals surface area (Å²) in [5.41, 5.74) is 1.75. The summed E-state index contributed by atoms with van der Waals surface area (Å²) in [6.07, 6.45) is 2.50. The Labute approximate surface area is 123 Å². The first-order chi connectivity index (χ1) is 9.25. The van der Waals surface area contributed by atoms with Crippen molar-refractivity contribution in [1.29, 1.82) is 0 Å². The Morgan fingerprint density at radius 1 is 1.20 bits per heavy atom. The SMILES string of the molecule is CC1(C)CCN(c2cccc(CNC(C)(C)C)n2)CC1. The van der Waals surface area contributed by atoms with Gasteiger partial charge in [-0.05, 0) is 51.2 Å². The molecular formula is C17H29N3. The van der Waals surface area contributed by atoms with E-state index in [-0.39, 0.29) is 5.54 Å². The van der Waals surface area contributed by atoms with Crippen molar-refractivity contribution in [1.82, 2.24) is 10.3 Å². The van der Waals surface area contributed by atoms with E-state index < -0.39 is 0 Å². The Morgan fingerprint density at radius 2 is 1.85 bits per heavy atom. The monoisotopic (exact) mass is 275 g/mol. The molecule has 1 saturated heterocycles. The van der Waals surface area contributed by atoms with E-state index in [2.05, 4.69) is 63.0 Å². The highest BCUT2D eigenvalue weighted by atomic mass is 15.2. The van der Waals surface area contributed by atoms with Gasteiger partial charge in [-0.1, -0.05) is 19.9 Å². The summed E-state index contributed by atoms with van der Waals surface area (Å²) in [5.74, 6) is 1.13. The maximum atomic E-state index is 4.81. The minimum atomic E-state index is 0.132. The largest absolute Gasteiger partial charge is 0.357 e. The summed E-state index contributed by atoms with van der Waals surface area (Å²) in [4.78, 5) is 7.23. The van der Waals surface area contributed by atoms with Gasteiger partial charge in [-0.3, -0.25) is 0 Å². The van der Waals surface area contributed by atoms with Gasteiger partial charge < -0.3 is 10.2 Å². The van der Waals surface area contributed by atoms with Crippen LogP contribution in [-0.2, 0) is 6.54 Å². The molecule has 0 aliphatic carbocycles. The fraction of sp³-hybridized carbons (Fsp3) is 0.706. The zero-order chi connectivity index (χ0) is 14.8. The Bertz CT molecular complexity index is 436. The lowest BCUT2D eigenvalue weighted by Gasteiger charge is -2.37. The minimum absolute atomic E-state index is 0.132. The van der Waals surface area contributed by atoms with Crippen molar-refractivity contribution in [3.63, 3.8) is 0 Å². The highest BCUT2D eigenvalue weighted by Crippen LogP contribution is 2.31. The molecule has 0 aromatic carbocycles. The van der Waals surface area contributed by atoms with Crippen LogP contribution in [0.4, 0.5) is 5.82 Å². The summed E-state index contributed by atoms with van der Waals surface area (Å²) in [7, 11) is 0. The van der Waals surface area contributed by atoms with Gasteiger partial charge in [0.1, 0.15) is 5.82 Å². The van der Waals surface area contributed by atoms with Gasteiger partial charge in [-0.15, -0.1) is 0 Å². The molecule has 2 rings (SSSR count). The van der Waals surface area contributed by atoms with E-state index in [4.69, 9.17) is 4.98 Å². The van der Waals surface area contributed by atoms with Crippen molar-refractivity contribution in [2.24, 2.45) is 5.41 Å². The van der Waals surface area contributed by atoms with Gasteiger partial charge in [-0.25, -0.2) is 4.98 Å². The predicted molar refractivity (Wildman–Crippen MR) is 86.1 cm³/mol. The number of rotatable bonds is 3. The standard InChI is InChI=1S/C17H29N3/c1-16(2,3)18-13-14-7-6-8-15(19-14)20-11-9-17(4,5)10-12-20/h6-8,18H,9-13H2,1-5H3. The van der Waals surface area contributed by atoms with E-state index in [0.717, 1.165) is 31.1 Å². The van der Waals surface area contributed by atoms with Crippen LogP contribution in [0.5, 0.6) is 0 Å². The number of aromatic nitrogens is 1. The van der Waals surface area contributed by atoms with Crippen LogP contribution >= 0.6 is 0 Å². The number of nitrogens with one attached hydrogen (secondary N) is 1. The number of anilines is 1. The molecule has 0 atom stereocenters. The molecule has 1 fully saturated rings. The van der Waals surface area contributed by atoms with E-state index in [1.165, 1.54) is 12.8 Å². The summed E-state index contributed by atoms with van der Waals surface area (Å²) < 4.78 is 0. The van der Waals surface area contributed by atoms with Crippen LogP contribution in [0.3, 0.4) is 0 Å². The Balaban J connectivity index is 1.99. The molecule has 1 aromatic heterocycles. The highest BCUT2D eigenvalue weighted by molar-refractivity contribution is 5.39. The van der Waals surface area contributed by atoms with Crippen molar-refractivity contribution in [3.05, 3.63) is 23.9 Å². The van der Waals surface area contributed by atoms with Gasteiger partial charge in [-0.2, -0.15) is 0 Å². The molecule has 1 aromatic rings. The number of hydrogen-bond acceptors (Lipinski definition) is 3. The van der Waals surface area contributed by atoms with Crippen molar-refractivity contribution in [3.8, 4) is 0 Å². The fourth-order valence-corrected chi connectivity index (χ4v) is 2.44. The quantitative estimate of drug-likeness (QED) is 0.913. The molecule has 3 heteroatoms. The average Bonchev–Trinajstić information content (AvgIpc) is 2.36. The molecule has 20 heavy (non-hydrogen) atoms. The van der Waals surface area contributed by atoms with Crippen LogP contribution in [0.25, 0.3) is 0 Å². The first-order valence-corrected chi connectivity index (χ1v) is 7.71. The Kier molecular flexibility index (Phi) is 4.38. The second kappa shape index (κ2) is 5.72. The third-order valence-corrected chi connectivity index (χ3v) is 4.03. The van der Waals surface area contributed by atoms with Crippen LogP contribution in [0.1, 0.15) is 53.2 Å². The smallest absolute Gasteiger partial charge is 0.128 e. The first kappa shape index (κ1) is 15.3. The Morgan fingerprint density at radius 3 is 2.45 bits per heavy atom. The van der Waals surface area contributed by atoms with Crippen LogP contribution < -0.4 is 10.2 Å². The van der Waals surface area contributed by atoms with Gasteiger partial charge in [0.15, 0.2) is 0 Å². The number of hydrogen-bond donors (Lipinski definition) is 1. The lowest BCUT2D eigenvalue weighted by Crippen LogP contribution is -2.38. The summed E-state index contributed by atoms with van der Waals surface area (Å²) in [6, 6.07) is 6.37. The zero-order valence-electron chi connectivity index (χ0n) is 13.7. The molecule has 112 valence electrons. The average molecular weight is 275 g/mol. The lowest BCUT2D eigenvalue weighted by atomic mass is 9.83. The second-order valence-corrected chi connectivity index (χ2v) is 7.74. The van der Waals surface area contributed by atoms with E-state index in [1.807, 2.05) is 0 Å². The van der Waals surface area contributed by atoms with E-state index in [0.29, 0.717) is 5.41 Å². The van der Waals surface area contributed by atoms with E-state index in [9.17, 15) is 0 Å². The van der Waals surface area contributed by atoms with E-state index >= 15 is 0 Å². The number of nitrogens with zero attached hydrogens (tertiary/aromatic N) is 2. The molecule has 0 spiro atoms. The lowest BCUT2D eigenvalue weighted by molar-refractivity contribution is 0.279. The molecule has 0 radical (unpaired) electrons. The minimum Gasteiger partial charge on any atom is -0.357 e. The predicted octanol–water partition coefficient (Wildman–Crippen LogP) is 3.60. The van der Waals surface area contributed by atoms with Crippen molar-refractivity contribution >= 4 is 5.82 Å². The van der Waals surface area contributed by atoms with Crippen LogP contribution in [0.2, 0.25) is 0 Å². The molecule has 1 N–H and O–H groups in total. The Hall–Kier alpha value is -1.09. The molecule has 0 bridgehead atoms. The summed E-state index contributed by atoms with van der Waals surface area (Å²) >= 11 is 0. The molecule has 1 aliphatic rings. The third-order valence-electron chi connectivity index (χ3n) is 4.03.